The van der Waals surface area contributed by atoms with Gasteiger partial charge >= 0.3 is 0 Å². The molecule has 3 aromatic rings. The van der Waals surface area contributed by atoms with Gasteiger partial charge in [-0.15, -0.1) is 0 Å². The van der Waals surface area contributed by atoms with Crippen molar-refractivity contribution in [3.8, 4) is 5.75 Å². The van der Waals surface area contributed by atoms with Gasteiger partial charge in [-0.2, -0.15) is 0 Å². The van der Waals surface area contributed by atoms with Crippen molar-refractivity contribution in [1.82, 2.24) is 10.2 Å². The van der Waals surface area contributed by atoms with Gasteiger partial charge in [0.1, 0.15) is 11.8 Å². The zero-order valence-corrected chi connectivity index (χ0v) is 22.1. The van der Waals surface area contributed by atoms with Crippen LogP contribution in [0.5, 0.6) is 5.75 Å². The third kappa shape index (κ3) is 7.98. The van der Waals surface area contributed by atoms with Gasteiger partial charge in [0.15, 0.2) is 6.61 Å². The predicted molar refractivity (Wildman–Crippen MR) is 145 cm³/mol. The molecule has 0 aliphatic heterocycles. The van der Waals surface area contributed by atoms with Crippen LogP contribution in [0, 0.1) is 20.8 Å². The Kier molecular flexibility index (Phi) is 9.69. The quantitative estimate of drug-likeness (QED) is 0.387. The number of nitrogens with zero attached hydrogens (tertiary/aromatic N) is 1. The van der Waals surface area contributed by atoms with E-state index in [1.807, 2.05) is 95.3 Å². The topological polar surface area (TPSA) is 58.6 Å². The first kappa shape index (κ1) is 27.0. The van der Waals surface area contributed by atoms with E-state index in [4.69, 9.17) is 4.74 Å². The Labute approximate surface area is 215 Å². The van der Waals surface area contributed by atoms with Crippen LogP contribution in [0.2, 0.25) is 0 Å². The van der Waals surface area contributed by atoms with Crippen molar-refractivity contribution < 1.29 is 14.3 Å². The summed E-state index contributed by atoms with van der Waals surface area (Å²) in [5, 5.41) is 3.10. The van der Waals surface area contributed by atoms with Crippen molar-refractivity contribution in [3.05, 3.63) is 101 Å². The van der Waals surface area contributed by atoms with Gasteiger partial charge in [0.25, 0.3) is 5.91 Å². The second-order valence-electron chi connectivity index (χ2n) is 9.65. The van der Waals surface area contributed by atoms with Crippen molar-refractivity contribution in [2.24, 2.45) is 0 Å². The molecule has 1 N–H and O–H groups in total. The van der Waals surface area contributed by atoms with E-state index in [0.29, 0.717) is 18.7 Å². The number of hydrogen-bond acceptors (Lipinski definition) is 3. The summed E-state index contributed by atoms with van der Waals surface area (Å²) in [5.74, 6) is 0.275. The standard InChI is InChI=1S/C31H38N2O3/c1-6-25(5)32-31(35)29(19-26-12-8-7-9-13-26)33(20-27-14-10-11-22(2)16-27)30(34)21-36-28-17-23(3)15-24(4)18-28/h7-18,25,29H,6,19-21H2,1-5H3,(H,32,35)/t25-,29-/m1/s1. The minimum atomic E-state index is -0.669. The Balaban J connectivity index is 1.92. The van der Waals surface area contributed by atoms with Gasteiger partial charge in [-0.05, 0) is 68.5 Å². The maximum atomic E-state index is 13.7. The molecule has 190 valence electrons. The number of ether oxygens (including phenoxy) is 1. The number of carbonyl (C=O) groups excluding carboxylic acids is 2. The van der Waals surface area contributed by atoms with E-state index in [1.54, 1.807) is 4.90 Å². The summed E-state index contributed by atoms with van der Waals surface area (Å²) in [4.78, 5) is 28.9. The van der Waals surface area contributed by atoms with E-state index >= 15 is 0 Å². The minimum Gasteiger partial charge on any atom is -0.484 e. The summed E-state index contributed by atoms with van der Waals surface area (Å²) in [5.41, 5.74) is 5.23. The van der Waals surface area contributed by atoms with E-state index in [1.165, 1.54) is 0 Å². The summed E-state index contributed by atoms with van der Waals surface area (Å²) >= 11 is 0. The highest BCUT2D eigenvalue weighted by Crippen LogP contribution is 2.19. The fourth-order valence-corrected chi connectivity index (χ4v) is 4.25. The zero-order valence-electron chi connectivity index (χ0n) is 22.1. The Hall–Kier alpha value is -3.60. The second-order valence-corrected chi connectivity index (χ2v) is 9.65. The lowest BCUT2D eigenvalue weighted by Gasteiger charge is -2.32. The van der Waals surface area contributed by atoms with Crippen LogP contribution in [0.1, 0.15) is 48.1 Å². The van der Waals surface area contributed by atoms with Crippen molar-refractivity contribution in [2.75, 3.05) is 6.61 Å². The van der Waals surface area contributed by atoms with E-state index in [-0.39, 0.29) is 24.5 Å². The molecule has 2 amide bonds. The molecule has 36 heavy (non-hydrogen) atoms. The molecular weight excluding hydrogens is 448 g/mol. The highest BCUT2D eigenvalue weighted by molar-refractivity contribution is 5.88. The molecular formula is C31H38N2O3. The third-order valence-electron chi connectivity index (χ3n) is 6.27. The van der Waals surface area contributed by atoms with E-state index in [2.05, 4.69) is 17.4 Å². The number of carbonyl (C=O) groups is 2. The van der Waals surface area contributed by atoms with Crippen molar-refractivity contribution >= 4 is 11.8 Å². The van der Waals surface area contributed by atoms with Crippen LogP contribution in [-0.2, 0) is 22.6 Å². The van der Waals surface area contributed by atoms with E-state index in [9.17, 15) is 9.59 Å². The molecule has 0 heterocycles. The highest BCUT2D eigenvalue weighted by atomic mass is 16.5. The maximum Gasteiger partial charge on any atom is 0.261 e. The van der Waals surface area contributed by atoms with Crippen LogP contribution in [0.25, 0.3) is 0 Å². The molecule has 0 saturated carbocycles. The van der Waals surface area contributed by atoms with Crippen molar-refractivity contribution in [3.63, 3.8) is 0 Å². The van der Waals surface area contributed by atoms with Crippen LogP contribution in [0.15, 0.2) is 72.8 Å². The number of aryl methyl sites for hydroxylation is 3. The number of amides is 2. The molecule has 0 aromatic heterocycles. The Bertz CT molecular complexity index is 1140. The lowest BCUT2D eigenvalue weighted by Crippen LogP contribution is -2.53. The van der Waals surface area contributed by atoms with E-state index < -0.39 is 6.04 Å². The van der Waals surface area contributed by atoms with Gasteiger partial charge in [-0.1, -0.05) is 73.2 Å². The fraction of sp³-hybridized carbons (Fsp3) is 0.355. The Morgan fingerprint density at radius 3 is 2.17 bits per heavy atom. The summed E-state index contributed by atoms with van der Waals surface area (Å²) in [7, 11) is 0. The monoisotopic (exact) mass is 486 g/mol. The molecule has 0 aliphatic rings. The van der Waals surface area contributed by atoms with E-state index in [0.717, 1.165) is 34.2 Å². The van der Waals surface area contributed by atoms with Gasteiger partial charge < -0.3 is 15.0 Å². The molecule has 0 aliphatic carbocycles. The Morgan fingerprint density at radius 1 is 0.861 bits per heavy atom. The summed E-state index contributed by atoms with van der Waals surface area (Å²) in [6.07, 6.45) is 1.23. The lowest BCUT2D eigenvalue weighted by atomic mass is 10.0. The molecule has 0 bridgehead atoms. The van der Waals surface area contributed by atoms with Gasteiger partial charge in [0.2, 0.25) is 5.91 Å². The number of rotatable bonds is 11. The average Bonchev–Trinajstić information content (AvgIpc) is 2.84. The summed E-state index contributed by atoms with van der Waals surface area (Å²) < 4.78 is 5.93. The molecule has 0 spiro atoms. The van der Waals surface area contributed by atoms with Gasteiger partial charge in [-0.25, -0.2) is 0 Å². The molecule has 0 radical (unpaired) electrons. The Morgan fingerprint density at radius 2 is 1.53 bits per heavy atom. The summed E-state index contributed by atoms with van der Waals surface area (Å²) in [6, 6.07) is 23.1. The average molecular weight is 487 g/mol. The molecule has 5 heteroatoms. The number of nitrogens with one attached hydrogen (secondary N) is 1. The zero-order chi connectivity index (χ0) is 26.1. The molecule has 2 atom stereocenters. The maximum absolute atomic E-state index is 13.7. The van der Waals surface area contributed by atoms with Gasteiger partial charge in [0, 0.05) is 19.0 Å². The smallest absolute Gasteiger partial charge is 0.261 e. The molecule has 3 rings (SSSR count). The van der Waals surface area contributed by atoms with Crippen LogP contribution < -0.4 is 10.1 Å². The minimum absolute atomic E-state index is 0.0122. The van der Waals surface area contributed by atoms with Gasteiger partial charge in [-0.3, -0.25) is 9.59 Å². The first-order valence-electron chi connectivity index (χ1n) is 12.7. The first-order chi connectivity index (χ1) is 17.2. The van der Waals surface area contributed by atoms with Crippen molar-refractivity contribution in [1.29, 1.82) is 0 Å². The lowest BCUT2D eigenvalue weighted by molar-refractivity contribution is -0.143. The van der Waals surface area contributed by atoms with Crippen LogP contribution >= 0.6 is 0 Å². The normalized spacial score (nSPS) is 12.5. The predicted octanol–water partition coefficient (Wildman–Crippen LogP) is 5.55. The fourth-order valence-electron chi connectivity index (χ4n) is 4.25. The highest BCUT2D eigenvalue weighted by Gasteiger charge is 2.31. The number of hydrogen-bond donors (Lipinski definition) is 1. The first-order valence-corrected chi connectivity index (χ1v) is 12.7. The largest absolute Gasteiger partial charge is 0.484 e. The molecule has 3 aromatic carbocycles. The number of benzene rings is 3. The molecule has 0 fully saturated rings. The molecule has 0 saturated heterocycles. The molecule has 0 unspecified atom stereocenters. The van der Waals surface area contributed by atoms with Gasteiger partial charge in [0.05, 0.1) is 0 Å². The second kappa shape index (κ2) is 12.9. The SMILES string of the molecule is CC[C@@H](C)NC(=O)[C@@H](Cc1ccccc1)N(Cc1cccc(C)c1)C(=O)COc1cc(C)cc(C)c1. The molecule has 5 nitrogen and oxygen atoms in total. The van der Waals surface area contributed by atoms with Crippen molar-refractivity contribution in [2.45, 2.75) is 66.1 Å². The summed E-state index contributed by atoms with van der Waals surface area (Å²) in [6.45, 7) is 10.2. The van der Waals surface area contributed by atoms with Crippen LogP contribution in [0.4, 0.5) is 0 Å². The third-order valence-corrected chi connectivity index (χ3v) is 6.27. The van der Waals surface area contributed by atoms with Crippen LogP contribution in [0.3, 0.4) is 0 Å². The van der Waals surface area contributed by atoms with Crippen LogP contribution in [-0.4, -0.2) is 35.4 Å².